The maximum atomic E-state index is 6.03. The quantitative estimate of drug-likeness (QED) is 0.892. The molecule has 1 aliphatic rings. The molecule has 0 aromatic heterocycles. The summed E-state index contributed by atoms with van der Waals surface area (Å²) in [6, 6.07) is 8.98. The van der Waals surface area contributed by atoms with Crippen molar-refractivity contribution >= 4 is 11.6 Å². The van der Waals surface area contributed by atoms with Crippen LogP contribution in [0.5, 0.6) is 0 Å². The van der Waals surface area contributed by atoms with Crippen LogP contribution < -0.4 is 5.32 Å². The molecule has 0 saturated heterocycles. The fourth-order valence-corrected chi connectivity index (χ4v) is 2.93. The van der Waals surface area contributed by atoms with Crippen LogP contribution in [0.25, 0.3) is 0 Å². The molecular weight excluding hydrogens is 246 g/mol. The Morgan fingerprint density at radius 2 is 2.22 bits per heavy atom. The molecule has 2 rings (SSSR count). The van der Waals surface area contributed by atoms with Crippen molar-refractivity contribution in [2.45, 2.75) is 50.8 Å². The molecule has 1 saturated carbocycles. The van der Waals surface area contributed by atoms with Crippen LogP contribution in [-0.2, 0) is 4.74 Å². The Balaban J connectivity index is 1.92. The normalized spacial score (nSPS) is 25.9. The number of ether oxygens (including phenoxy) is 1. The summed E-state index contributed by atoms with van der Waals surface area (Å²) in [4.78, 5) is 0. The second-order valence-electron chi connectivity index (χ2n) is 5.16. The van der Waals surface area contributed by atoms with Gasteiger partial charge in [-0.3, -0.25) is 0 Å². The van der Waals surface area contributed by atoms with Gasteiger partial charge in [0.1, 0.15) is 0 Å². The highest BCUT2D eigenvalue weighted by Gasteiger charge is 2.22. The summed E-state index contributed by atoms with van der Waals surface area (Å²) in [5, 5.41) is 4.49. The second-order valence-corrected chi connectivity index (χ2v) is 5.60. The first kappa shape index (κ1) is 13.9. The molecule has 0 spiro atoms. The summed E-state index contributed by atoms with van der Waals surface area (Å²) in [6.45, 7) is 2.20. The highest BCUT2D eigenvalue weighted by atomic mass is 35.5. The van der Waals surface area contributed by atoms with Crippen LogP contribution in [-0.4, -0.2) is 19.3 Å². The first-order chi connectivity index (χ1) is 8.69. The Morgan fingerprint density at radius 3 is 2.94 bits per heavy atom. The van der Waals surface area contributed by atoms with Crippen molar-refractivity contribution in [1.29, 1.82) is 0 Å². The minimum atomic E-state index is 0.337. The number of nitrogens with one attached hydrogen (secondary N) is 1. The van der Waals surface area contributed by atoms with Gasteiger partial charge in [0.2, 0.25) is 0 Å². The molecule has 0 bridgehead atoms. The van der Waals surface area contributed by atoms with Gasteiger partial charge in [-0.1, -0.05) is 23.7 Å². The molecule has 100 valence electrons. The molecule has 3 heteroatoms. The van der Waals surface area contributed by atoms with E-state index in [2.05, 4.69) is 18.3 Å². The van der Waals surface area contributed by atoms with E-state index in [-0.39, 0.29) is 0 Å². The van der Waals surface area contributed by atoms with Crippen LogP contribution in [0.3, 0.4) is 0 Å². The summed E-state index contributed by atoms with van der Waals surface area (Å²) < 4.78 is 5.47. The molecule has 0 aliphatic heterocycles. The third kappa shape index (κ3) is 3.71. The van der Waals surface area contributed by atoms with Crippen LogP contribution in [0.15, 0.2) is 24.3 Å². The first-order valence-electron chi connectivity index (χ1n) is 6.73. The SMILES string of the molecule is COC1CCCC(NC(C)c2cccc(Cl)c2)C1. The standard InChI is InChI=1S/C15H22ClNO/c1-11(12-5-3-6-13(16)9-12)17-14-7-4-8-15(10-14)18-2/h3,5-6,9,11,14-15,17H,4,7-8,10H2,1-2H3. The lowest BCUT2D eigenvalue weighted by molar-refractivity contribution is 0.0572. The Hall–Kier alpha value is -0.570. The van der Waals surface area contributed by atoms with Gasteiger partial charge in [0, 0.05) is 24.2 Å². The first-order valence-corrected chi connectivity index (χ1v) is 7.11. The molecule has 3 unspecified atom stereocenters. The molecule has 1 aromatic carbocycles. The maximum Gasteiger partial charge on any atom is 0.0586 e. The Kier molecular flexibility index (Phi) is 5.04. The molecule has 2 nitrogen and oxygen atoms in total. The zero-order valence-electron chi connectivity index (χ0n) is 11.2. The van der Waals surface area contributed by atoms with Gasteiger partial charge in [-0.2, -0.15) is 0 Å². The minimum Gasteiger partial charge on any atom is -0.381 e. The zero-order chi connectivity index (χ0) is 13.0. The van der Waals surface area contributed by atoms with Gasteiger partial charge in [-0.25, -0.2) is 0 Å². The predicted octanol–water partition coefficient (Wildman–Crippen LogP) is 3.95. The highest BCUT2D eigenvalue weighted by molar-refractivity contribution is 6.30. The summed E-state index contributed by atoms with van der Waals surface area (Å²) in [7, 11) is 1.81. The summed E-state index contributed by atoms with van der Waals surface area (Å²) >= 11 is 6.03. The molecule has 18 heavy (non-hydrogen) atoms. The van der Waals surface area contributed by atoms with E-state index in [1.165, 1.54) is 24.8 Å². The highest BCUT2D eigenvalue weighted by Crippen LogP contribution is 2.24. The van der Waals surface area contributed by atoms with E-state index < -0.39 is 0 Å². The maximum absolute atomic E-state index is 6.03. The number of hydrogen-bond donors (Lipinski definition) is 1. The monoisotopic (exact) mass is 267 g/mol. The lowest BCUT2D eigenvalue weighted by Crippen LogP contribution is -2.38. The summed E-state index contributed by atoms with van der Waals surface area (Å²) in [6.07, 6.45) is 5.22. The van der Waals surface area contributed by atoms with Gasteiger partial charge < -0.3 is 10.1 Å². The van der Waals surface area contributed by atoms with Crippen LogP contribution >= 0.6 is 11.6 Å². The predicted molar refractivity (Wildman–Crippen MR) is 76.1 cm³/mol. The van der Waals surface area contributed by atoms with Crippen molar-refractivity contribution in [3.05, 3.63) is 34.9 Å². The van der Waals surface area contributed by atoms with Crippen LogP contribution in [0.4, 0.5) is 0 Å². The Labute approximate surface area is 115 Å². The van der Waals surface area contributed by atoms with Gasteiger partial charge in [0.25, 0.3) is 0 Å². The van der Waals surface area contributed by atoms with E-state index in [9.17, 15) is 0 Å². The lowest BCUT2D eigenvalue weighted by atomic mass is 9.92. The number of methoxy groups -OCH3 is 1. The summed E-state index contributed by atoms with van der Waals surface area (Å²) in [5.41, 5.74) is 1.25. The van der Waals surface area contributed by atoms with Crippen molar-refractivity contribution in [1.82, 2.24) is 5.32 Å². The smallest absolute Gasteiger partial charge is 0.0586 e. The molecule has 1 aliphatic carbocycles. The van der Waals surface area contributed by atoms with Crippen molar-refractivity contribution in [2.75, 3.05) is 7.11 Å². The Morgan fingerprint density at radius 1 is 1.39 bits per heavy atom. The van der Waals surface area contributed by atoms with E-state index in [1.807, 2.05) is 25.3 Å². The number of halogens is 1. The molecule has 1 N–H and O–H groups in total. The van der Waals surface area contributed by atoms with Crippen molar-refractivity contribution in [2.24, 2.45) is 0 Å². The van der Waals surface area contributed by atoms with Gasteiger partial charge in [0.15, 0.2) is 0 Å². The fourth-order valence-electron chi connectivity index (χ4n) is 2.74. The van der Waals surface area contributed by atoms with E-state index >= 15 is 0 Å². The fraction of sp³-hybridized carbons (Fsp3) is 0.600. The van der Waals surface area contributed by atoms with E-state index in [0.717, 1.165) is 11.4 Å². The topological polar surface area (TPSA) is 21.3 Å². The zero-order valence-corrected chi connectivity index (χ0v) is 11.9. The van der Waals surface area contributed by atoms with Gasteiger partial charge in [-0.05, 0) is 50.3 Å². The minimum absolute atomic E-state index is 0.337. The number of benzene rings is 1. The van der Waals surface area contributed by atoms with Crippen molar-refractivity contribution in [3.8, 4) is 0 Å². The molecule has 0 amide bonds. The van der Waals surface area contributed by atoms with E-state index in [4.69, 9.17) is 16.3 Å². The molecule has 1 aromatic rings. The van der Waals surface area contributed by atoms with Crippen LogP contribution in [0, 0.1) is 0 Å². The van der Waals surface area contributed by atoms with E-state index in [1.54, 1.807) is 0 Å². The number of hydrogen-bond acceptors (Lipinski definition) is 2. The second kappa shape index (κ2) is 6.55. The Bertz CT molecular complexity index is 383. The van der Waals surface area contributed by atoms with E-state index in [0.29, 0.717) is 18.2 Å². The average molecular weight is 268 g/mol. The van der Waals surface area contributed by atoms with Crippen molar-refractivity contribution in [3.63, 3.8) is 0 Å². The van der Waals surface area contributed by atoms with Crippen LogP contribution in [0.2, 0.25) is 5.02 Å². The molecule has 1 fully saturated rings. The molecular formula is C15H22ClNO. The van der Waals surface area contributed by atoms with Gasteiger partial charge >= 0.3 is 0 Å². The van der Waals surface area contributed by atoms with Crippen molar-refractivity contribution < 1.29 is 4.74 Å². The third-order valence-corrected chi connectivity index (χ3v) is 4.03. The third-order valence-electron chi connectivity index (χ3n) is 3.79. The lowest BCUT2D eigenvalue weighted by Gasteiger charge is -2.31. The largest absolute Gasteiger partial charge is 0.381 e. The summed E-state index contributed by atoms with van der Waals surface area (Å²) in [5.74, 6) is 0. The molecule has 0 radical (unpaired) electrons. The van der Waals surface area contributed by atoms with Crippen LogP contribution in [0.1, 0.15) is 44.2 Å². The van der Waals surface area contributed by atoms with Gasteiger partial charge in [0.05, 0.1) is 6.10 Å². The van der Waals surface area contributed by atoms with Gasteiger partial charge in [-0.15, -0.1) is 0 Å². The average Bonchev–Trinajstić information content (AvgIpc) is 2.39. The molecule has 3 atom stereocenters. The molecule has 0 heterocycles. The number of rotatable bonds is 4.